The van der Waals surface area contributed by atoms with E-state index in [1.165, 1.54) is 72.0 Å². The second-order valence-corrected chi connectivity index (χ2v) is 26.9. The number of hydroxylamine groups is 2. The largest absolute Gasteiger partial charge is 0.750 e. The van der Waals surface area contributed by atoms with E-state index in [1.54, 1.807) is 0 Å². The number of methoxy groups -OCH3 is 2. The zero-order valence-corrected chi connectivity index (χ0v) is 47.0. The normalized spacial score (nSPS) is 21.5. The number of imide groups is 1. The number of hydrogen-bond acceptors (Lipinski definition) is 23. The number of anilines is 2. The van der Waals surface area contributed by atoms with Crippen molar-refractivity contribution in [3.05, 3.63) is 59.7 Å². The zero-order chi connectivity index (χ0) is 56.6. The molecule has 0 saturated carbocycles. The van der Waals surface area contributed by atoms with Gasteiger partial charge in [0, 0.05) is 69.6 Å². The molecule has 5 heterocycles. The third-order valence-corrected chi connectivity index (χ3v) is 19.9. The maximum absolute atomic E-state index is 15.1. The Morgan fingerprint density at radius 2 is 1.26 bits per heavy atom. The molecule has 5 aliphatic heterocycles. The summed E-state index contributed by atoms with van der Waals surface area (Å²) in [5, 5.41) is 6.35. The molecule has 3 saturated heterocycles. The van der Waals surface area contributed by atoms with Crippen LogP contribution in [0.1, 0.15) is 65.7 Å². The van der Waals surface area contributed by atoms with Gasteiger partial charge in [-0.2, -0.15) is 11.8 Å². The van der Waals surface area contributed by atoms with Gasteiger partial charge in [0.1, 0.15) is 7.14 Å². The van der Waals surface area contributed by atoms with Crippen LogP contribution in [-0.2, 0) is 69.5 Å². The number of rotatable bonds is 27. The van der Waals surface area contributed by atoms with Gasteiger partial charge in [-0.1, -0.05) is 24.3 Å². The molecule has 31 heteroatoms. The number of hydrogen-bond donors (Lipinski definition) is 2. The molecule has 2 aromatic rings. The van der Waals surface area contributed by atoms with Crippen LogP contribution in [0.3, 0.4) is 0 Å². The first-order chi connectivity index (χ1) is 37.0. The van der Waals surface area contributed by atoms with Crippen molar-refractivity contribution in [2.24, 2.45) is 0 Å². The second-order valence-electron chi connectivity index (χ2n) is 18.8. The predicted octanol–water partition coefficient (Wildman–Crippen LogP) is 2.53. The molecule has 0 aromatic heterocycles. The summed E-state index contributed by atoms with van der Waals surface area (Å²) < 4.78 is 121. The van der Waals surface area contributed by atoms with E-state index in [4.69, 9.17) is 32.2 Å². The summed E-state index contributed by atoms with van der Waals surface area (Å²) in [6, 6.07) is 4.35. The summed E-state index contributed by atoms with van der Waals surface area (Å²) >= 11 is -4.65. The van der Waals surface area contributed by atoms with Crippen LogP contribution in [0.5, 0.6) is 23.0 Å². The SMILES string of the molecule is C=C1C[C@@H]2C(OS(=O)[O-])Nc3cc(OCCP(=O)(CCOc4cc5c(cc4OC)C(=O)N4CC(=C)C[C@H]4C(OS(=O)[O-])N5)CN(C)C(=O)CCCSCCS(=O)(=O)CCC(=O)ON4C(=O)CCC4=O)c(OC)cc3C(=O)N2C1. The molecular weight excluding hydrogens is 1130 g/mol. The summed E-state index contributed by atoms with van der Waals surface area (Å²) in [6.45, 7) is 7.83. The highest BCUT2D eigenvalue weighted by Gasteiger charge is 2.44. The highest BCUT2D eigenvalue weighted by Crippen LogP contribution is 2.47. The zero-order valence-electron chi connectivity index (χ0n) is 42.8. The van der Waals surface area contributed by atoms with Crippen LogP contribution in [0.15, 0.2) is 48.6 Å². The lowest BCUT2D eigenvalue weighted by Crippen LogP contribution is -2.45. The van der Waals surface area contributed by atoms with E-state index in [-0.39, 0.29) is 140 Å². The second kappa shape index (κ2) is 26.1. The first kappa shape index (κ1) is 60.1. The Kier molecular flexibility index (Phi) is 20.1. The number of thioether (sulfide) groups is 1. The van der Waals surface area contributed by atoms with Gasteiger partial charge in [0.25, 0.3) is 23.6 Å². The maximum Gasteiger partial charge on any atom is 0.334 e. The number of nitrogens with one attached hydrogen (secondary N) is 2. The smallest absolute Gasteiger partial charge is 0.334 e. The molecule has 26 nitrogen and oxygen atoms in total. The molecule has 0 radical (unpaired) electrons. The van der Waals surface area contributed by atoms with Gasteiger partial charge in [0.15, 0.2) is 45.3 Å². The number of benzene rings is 2. The molecule has 2 aromatic carbocycles. The number of carbonyl (C=O) groups is 6. The Morgan fingerprint density at radius 1 is 0.769 bits per heavy atom. The van der Waals surface area contributed by atoms with Gasteiger partial charge in [0.05, 0.1) is 109 Å². The van der Waals surface area contributed by atoms with Crippen molar-refractivity contribution in [1.82, 2.24) is 19.8 Å². The molecule has 5 amide bonds. The van der Waals surface area contributed by atoms with Crippen LogP contribution in [0.4, 0.5) is 11.4 Å². The fourth-order valence-corrected chi connectivity index (χ4v) is 15.1. The molecule has 0 aliphatic carbocycles. The number of fused-ring (bicyclic) bond motifs is 4. The van der Waals surface area contributed by atoms with Crippen molar-refractivity contribution in [3.8, 4) is 23.0 Å². The van der Waals surface area contributed by atoms with Gasteiger partial charge < -0.3 is 62.8 Å². The van der Waals surface area contributed by atoms with Crippen molar-refractivity contribution < 1.29 is 91.4 Å². The molecule has 3 fully saturated rings. The average Bonchev–Trinajstić information content (AvgIpc) is 4.12. The van der Waals surface area contributed by atoms with E-state index >= 15 is 4.57 Å². The van der Waals surface area contributed by atoms with E-state index in [2.05, 4.69) is 23.8 Å². The number of carbonyl (C=O) groups excluding carboxylic acids is 6. The lowest BCUT2D eigenvalue weighted by Gasteiger charge is -2.28. The van der Waals surface area contributed by atoms with Gasteiger partial charge in [-0.3, -0.25) is 32.3 Å². The van der Waals surface area contributed by atoms with Crippen LogP contribution in [0.25, 0.3) is 0 Å². The number of ether oxygens (including phenoxy) is 4. The summed E-state index contributed by atoms with van der Waals surface area (Å²) in [6.07, 6.45) is -2.74. The first-order valence-electron chi connectivity index (χ1n) is 24.3. The summed E-state index contributed by atoms with van der Waals surface area (Å²) in [5.74, 6) is -3.49. The third-order valence-electron chi connectivity index (χ3n) is 13.3. The standard InChI is InChI=1S/C47H61N6O20PS4/c1-28-19-34-44(72-76(61)62)48-32-23-38(36(67-4)21-30(32)46(58)51(34)25-28)69-11-13-74(60,27-50(3)40(54)7-6-15-75-16-18-78(65,66)17-10-43(57)71-53-41(55)8-9-42(53)56)14-12-70-39-24-33-31(22-37(39)68-5)47(59)52-26-29(2)20-35(52)45(49-33)73-77(63)64/h21-24,34-35,44-45,48-49H,1-2,6-20,25-27H2,3-5H3,(H,61,62)(H,63,64)/p-2/t34-,35+,44?,45?,74?. The van der Waals surface area contributed by atoms with Crippen LogP contribution in [-0.4, -0.2) is 195 Å². The topological polar surface area (TPSA) is 336 Å². The maximum atomic E-state index is 15.1. The van der Waals surface area contributed by atoms with Crippen LogP contribution < -0.4 is 29.6 Å². The number of amides is 5. The van der Waals surface area contributed by atoms with E-state index in [9.17, 15) is 54.7 Å². The molecule has 0 spiro atoms. The molecule has 78 heavy (non-hydrogen) atoms. The highest BCUT2D eigenvalue weighted by atomic mass is 32.2. The van der Waals surface area contributed by atoms with Gasteiger partial charge in [0.2, 0.25) is 5.91 Å². The van der Waals surface area contributed by atoms with Gasteiger partial charge in [-0.05, 0) is 37.1 Å². The molecule has 0 bridgehead atoms. The lowest BCUT2D eigenvalue weighted by atomic mass is 10.1. The lowest BCUT2D eigenvalue weighted by molar-refractivity contribution is -0.197. The minimum absolute atomic E-state index is 0.00714. The Balaban J connectivity index is 1.01. The Morgan fingerprint density at radius 3 is 1.72 bits per heavy atom. The molecule has 5 aliphatic rings. The van der Waals surface area contributed by atoms with Crippen molar-refractivity contribution in [2.45, 2.75) is 69.5 Å². The van der Waals surface area contributed by atoms with Gasteiger partial charge >= 0.3 is 5.97 Å². The van der Waals surface area contributed by atoms with Crippen LogP contribution in [0.2, 0.25) is 0 Å². The van der Waals surface area contributed by atoms with Gasteiger partial charge in [-0.25, -0.2) is 21.6 Å². The third kappa shape index (κ3) is 15.0. The molecule has 428 valence electrons. The fourth-order valence-electron chi connectivity index (χ4n) is 9.37. The monoisotopic (exact) mass is 1190 g/mol. The fraction of sp³-hybridized carbons (Fsp3) is 0.532. The highest BCUT2D eigenvalue weighted by molar-refractivity contribution is 8.00. The summed E-state index contributed by atoms with van der Waals surface area (Å²) in [7, 11) is -3.05. The molecule has 2 N–H and O–H groups in total. The van der Waals surface area contributed by atoms with Crippen molar-refractivity contribution >= 4 is 98.3 Å². The van der Waals surface area contributed by atoms with E-state index < -0.39 is 106 Å². The first-order valence-corrected chi connectivity index (χ1v) is 31.6. The van der Waals surface area contributed by atoms with Crippen LogP contribution in [0, 0.1) is 0 Å². The molecule has 7 rings (SSSR count). The minimum atomic E-state index is -3.72. The Bertz CT molecular complexity index is 2780. The van der Waals surface area contributed by atoms with Gasteiger partial charge in [-0.15, -0.1) is 5.06 Å². The van der Waals surface area contributed by atoms with E-state index in [0.29, 0.717) is 28.4 Å². The average molecular weight is 1190 g/mol. The summed E-state index contributed by atoms with van der Waals surface area (Å²) in [5.41, 5.74) is 2.05. The Hall–Kier alpha value is -5.59. The molecule has 7 atom stereocenters. The number of sulfone groups is 1. The van der Waals surface area contributed by atoms with E-state index in [1.807, 2.05) is 0 Å². The van der Waals surface area contributed by atoms with Crippen molar-refractivity contribution in [1.29, 1.82) is 0 Å². The van der Waals surface area contributed by atoms with Crippen molar-refractivity contribution in [3.63, 3.8) is 0 Å². The Labute approximate surface area is 459 Å². The predicted molar refractivity (Wildman–Crippen MR) is 281 cm³/mol. The quantitative estimate of drug-likeness (QED) is 0.0427. The van der Waals surface area contributed by atoms with Crippen LogP contribution >= 0.6 is 18.9 Å². The molecular formula is C47H59N6O20PS4-2. The number of nitrogens with zero attached hydrogens (tertiary/aromatic N) is 4. The summed E-state index contributed by atoms with van der Waals surface area (Å²) in [4.78, 5) is 85.7. The van der Waals surface area contributed by atoms with Crippen molar-refractivity contribution in [2.75, 3.05) is 99.8 Å². The molecule has 5 unspecified atom stereocenters. The minimum Gasteiger partial charge on any atom is -0.750 e. The van der Waals surface area contributed by atoms with E-state index in [0.717, 1.165) is 0 Å².